The van der Waals surface area contributed by atoms with Crippen LogP contribution in [0, 0.1) is 6.92 Å². The van der Waals surface area contributed by atoms with Crippen molar-refractivity contribution >= 4 is 5.91 Å². The number of piperazine rings is 1. The zero-order valence-electron chi connectivity index (χ0n) is 13.3. The number of carbonyl (C=O) groups excluding carboxylic acids is 1. The number of nitrogens with one attached hydrogen (secondary N) is 1. The molecule has 1 aliphatic rings. The van der Waals surface area contributed by atoms with Crippen molar-refractivity contribution in [2.75, 3.05) is 46.3 Å². The van der Waals surface area contributed by atoms with Crippen LogP contribution >= 0.6 is 0 Å². The fourth-order valence-corrected chi connectivity index (χ4v) is 2.65. The molecule has 116 valence electrons. The minimum atomic E-state index is 0.127. The van der Waals surface area contributed by atoms with Crippen LogP contribution in [0.4, 0.5) is 0 Å². The molecule has 1 aromatic carbocycles. The topological polar surface area (TPSA) is 35.6 Å². The summed E-state index contributed by atoms with van der Waals surface area (Å²) in [7, 11) is 2.17. The third-order valence-electron chi connectivity index (χ3n) is 4.18. The van der Waals surface area contributed by atoms with Crippen molar-refractivity contribution in [3.05, 3.63) is 35.4 Å². The highest BCUT2D eigenvalue weighted by Gasteiger charge is 2.13. The number of benzene rings is 1. The molecule has 0 atom stereocenters. The fraction of sp³-hybridized carbons (Fsp3) is 0.588. The van der Waals surface area contributed by atoms with E-state index in [0.29, 0.717) is 6.42 Å². The van der Waals surface area contributed by atoms with Crippen molar-refractivity contribution in [2.24, 2.45) is 0 Å². The zero-order chi connectivity index (χ0) is 15.1. The van der Waals surface area contributed by atoms with E-state index >= 15 is 0 Å². The van der Waals surface area contributed by atoms with Crippen molar-refractivity contribution in [1.82, 2.24) is 15.1 Å². The predicted molar refractivity (Wildman–Crippen MR) is 86.4 cm³/mol. The SMILES string of the molecule is Cc1ccccc1CC(=O)NCCCN1CCN(C)CC1. The number of hydrogen-bond donors (Lipinski definition) is 1. The Morgan fingerprint density at radius 3 is 2.62 bits per heavy atom. The van der Waals surface area contributed by atoms with Gasteiger partial charge in [-0.2, -0.15) is 0 Å². The summed E-state index contributed by atoms with van der Waals surface area (Å²) in [5.41, 5.74) is 2.30. The van der Waals surface area contributed by atoms with E-state index in [2.05, 4.69) is 35.2 Å². The lowest BCUT2D eigenvalue weighted by atomic mass is 10.1. The zero-order valence-corrected chi connectivity index (χ0v) is 13.3. The Hall–Kier alpha value is -1.39. The molecule has 4 nitrogen and oxygen atoms in total. The minimum Gasteiger partial charge on any atom is -0.356 e. The quantitative estimate of drug-likeness (QED) is 0.802. The van der Waals surface area contributed by atoms with Crippen LogP contribution < -0.4 is 5.32 Å². The molecular formula is C17H27N3O. The molecule has 0 spiro atoms. The number of aryl methyl sites for hydroxylation is 1. The third kappa shape index (κ3) is 5.48. The Labute approximate surface area is 128 Å². The van der Waals surface area contributed by atoms with Crippen molar-refractivity contribution in [3.63, 3.8) is 0 Å². The second kappa shape index (κ2) is 8.15. The molecule has 1 heterocycles. The Kier molecular flexibility index (Phi) is 6.21. The number of hydrogen-bond acceptors (Lipinski definition) is 3. The van der Waals surface area contributed by atoms with Gasteiger partial charge in [-0.1, -0.05) is 24.3 Å². The van der Waals surface area contributed by atoms with Crippen LogP contribution in [0.2, 0.25) is 0 Å². The van der Waals surface area contributed by atoms with E-state index in [1.165, 1.54) is 5.56 Å². The Morgan fingerprint density at radius 1 is 1.19 bits per heavy atom. The molecule has 1 amide bonds. The Bertz CT molecular complexity index is 453. The van der Waals surface area contributed by atoms with Crippen LogP contribution in [-0.4, -0.2) is 62.0 Å². The molecule has 0 radical (unpaired) electrons. The summed E-state index contributed by atoms with van der Waals surface area (Å²) >= 11 is 0. The second-order valence-electron chi connectivity index (χ2n) is 5.95. The smallest absolute Gasteiger partial charge is 0.224 e. The number of amides is 1. The van der Waals surface area contributed by atoms with E-state index in [9.17, 15) is 4.79 Å². The Balaban J connectivity index is 1.60. The maximum Gasteiger partial charge on any atom is 0.224 e. The first kappa shape index (κ1) is 16.0. The highest BCUT2D eigenvalue weighted by atomic mass is 16.1. The van der Waals surface area contributed by atoms with Gasteiger partial charge in [-0.25, -0.2) is 0 Å². The minimum absolute atomic E-state index is 0.127. The molecule has 1 N–H and O–H groups in total. The number of carbonyl (C=O) groups is 1. The van der Waals surface area contributed by atoms with Gasteiger partial charge >= 0.3 is 0 Å². The van der Waals surface area contributed by atoms with E-state index in [-0.39, 0.29) is 5.91 Å². The molecule has 0 aromatic heterocycles. The van der Waals surface area contributed by atoms with Gasteiger partial charge in [-0.05, 0) is 38.1 Å². The highest BCUT2D eigenvalue weighted by molar-refractivity contribution is 5.78. The summed E-state index contributed by atoms with van der Waals surface area (Å²) in [5, 5.41) is 3.03. The number of likely N-dealkylation sites (N-methyl/N-ethyl adjacent to an activating group) is 1. The van der Waals surface area contributed by atoms with Crippen molar-refractivity contribution in [3.8, 4) is 0 Å². The van der Waals surface area contributed by atoms with Gasteiger partial charge in [0, 0.05) is 32.7 Å². The number of nitrogens with zero attached hydrogens (tertiary/aromatic N) is 2. The van der Waals surface area contributed by atoms with Crippen molar-refractivity contribution < 1.29 is 4.79 Å². The van der Waals surface area contributed by atoms with E-state index in [1.807, 2.05) is 18.2 Å². The van der Waals surface area contributed by atoms with Gasteiger partial charge in [-0.3, -0.25) is 4.79 Å². The normalized spacial score (nSPS) is 16.9. The largest absolute Gasteiger partial charge is 0.356 e. The lowest BCUT2D eigenvalue weighted by molar-refractivity contribution is -0.120. The van der Waals surface area contributed by atoms with E-state index in [1.54, 1.807) is 0 Å². The first-order chi connectivity index (χ1) is 10.1. The summed E-state index contributed by atoms with van der Waals surface area (Å²) < 4.78 is 0. The van der Waals surface area contributed by atoms with Crippen LogP contribution in [0.15, 0.2) is 24.3 Å². The molecule has 2 rings (SSSR count). The molecule has 1 aliphatic heterocycles. The summed E-state index contributed by atoms with van der Waals surface area (Å²) in [4.78, 5) is 16.8. The van der Waals surface area contributed by atoms with E-state index < -0.39 is 0 Å². The third-order valence-corrected chi connectivity index (χ3v) is 4.18. The molecular weight excluding hydrogens is 262 g/mol. The lowest BCUT2D eigenvalue weighted by Gasteiger charge is -2.32. The van der Waals surface area contributed by atoms with Crippen LogP contribution in [0.25, 0.3) is 0 Å². The molecule has 21 heavy (non-hydrogen) atoms. The first-order valence-corrected chi connectivity index (χ1v) is 7.87. The highest BCUT2D eigenvalue weighted by Crippen LogP contribution is 2.07. The van der Waals surface area contributed by atoms with Crippen LogP contribution in [0.3, 0.4) is 0 Å². The average molecular weight is 289 g/mol. The molecule has 0 saturated carbocycles. The molecule has 1 saturated heterocycles. The summed E-state index contributed by atoms with van der Waals surface area (Å²) in [5.74, 6) is 0.127. The molecule has 4 heteroatoms. The molecule has 1 fully saturated rings. The fourth-order valence-electron chi connectivity index (χ4n) is 2.65. The lowest BCUT2D eigenvalue weighted by Crippen LogP contribution is -2.45. The van der Waals surface area contributed by atoms with Crippen LogP contribution in [-0.2, 0) is 11.2 Å². The van der Waals surface area contributed by atoms with Gasteiger partial charge in [0.15, 0.2) is 0 Å². The van der Waals surface area contributed by atoms with Crippen LogP contribution in [0.5, 0.6) is 0 Å². The maximum atomic E-state index is 11.9. The summed E-state index contributed by atoms with van der Waals surface area (Å²) in [6.07, 6.45) is 1.52. The van der Waals surface area contributed by atoms with Gasteiger partial charge in [0.1, 0.15) is 0 Å². The molecule has 0 unspecified atom stereocenters. The molecule has 0 bridgehead atoms. The summed E-state index contributed by atoms with van der Waals surface area (Å²) in [6.45, 7) is 8.51. The molecule has 1 aromatic rings. The van der Waals surface area contributed by atoms with E-state index in [4.69, 9.17) is 0 Å². The van der Waals surface area contributed by atoms with Gasteiger partial charge in [0.25, 0.3) is 0 Å². The average Bonchev–Trinajstić information content (AvgIpc) is 2.48. The summed E-state index contributed by atoms with van der Waals surface area (Å²) in [6, 6.07) is 8.07. The molecule has 0 aliphatic carbocycles. The van der Waals surface area contributed by atoms with Gasteiger partial charge in [-0.15, -0.1) is 0 Å². The van der Waals surface area contributed by atoms with Crippen molar-refractivity contribution in [1.29, 1.82) is 0 Å². The standard InChI is InChI=1S/C17H27N3O/c1-15-6-3-4-7-16(15)14-17(21)18-8-5-9-20-12-10-19(2)11-13-20/h3-4,6-7H,5,8-14H2,1-2H3,(H,18,21). The monoisotopic (exact) mass is 289 g/mol. The first-order valence-electron chi connectivity index (χ1n) is 7.87. The van der Waals surface area contributed by atoms with Gasteiger partial charge < -0.3 is 15.1 Å². The van der Waals surface area contributed by atoms with Crippen molar-refractivity contribution in [2.45, 2.75) is 19.8 Å². The van der Waals surface area contributed by atoms with E-state index in [0.717, 1.165) is 51.3 Å². The van der Waals surface area contributed by atoms with Gasteiger partial charge in [0.05, 0.1) is 6.42 Å². The number of rotatable bonds is 6. The van der Waals surface area contributed by atoms with Gasteiger partial charge in [0.2, 0.25) is 5.91 Å². The predicted octanol–water partition coefficient (Wildman–Crippen LogP) is 1.29. The second-order valence-corrected chi connectivity index (χ2v) is 5.95. The Morgan fingerprint density at radius 2 is 1.90 bits per heavy atom. The van der Waals surface area contributed by atoms with Crippen LogP contribution in [0.1, 0.15) is 17.5 Å². The maximum absolute atomic E-state index is 11.9.